The molecule has 5 nitrogen and oxygen atoms in total. The number of carbonyl (C=O) groups is 1. The van der Waals surface area contributed by atoms with Gasteiger partial charge in [0.25, 0.3) is 0 Å². The van der Waals surface area contributed by atoms with Crippen LogP contribution in [0.4, 0.5) is 4.79 Å². The van der Waals surface area contributed by atoms with Gasteiger partial charge in [0.05, 0.1) is 6.20 Å². The number of likely N-dealkylation sites (tertiary alicyclic amines) is 2. The van der Waals surface area contributed by atoms with Gasteiger partial charge in [-0.1, -0.05) is 23.7 Å². The van der Waals surface area contributed by atoms with Gasteiger partial charge in [-0.25, -0.2) is 4.79 Å². The molecule has 0 unspecified atom stereocenters. The maximum atomic E-state index is 12.5. The molecule has 0 radical (unpaired) electrons. The van der Waals surface area contributed by atoms with Crippen molar-refractivity contribution in [3.05, 3.63) is 52.8 Å². The average molecular weight is 359 g/mol. The van der Waals surface area contributed by atoms with E-state index in [9.17, 15) is 4.79 Å². The van der Waals surface area contributed by atoms with E-state index < -0.39 is 0 Å². The van der Waals surface area contributed by atoms with Gasteiger partial charge in [0.2, 0.25) is 0 Å². The minimum Gasteiger partial charge on any atom is -0.323 e. The van der Waals surface area contributed by atoms with Gasteiger partial charge in [0, 0.05) is 43.9 Å². The molecule has 0 bridgehead atoms. The van der Waals surface area contributed by atoms with Crippen LogP contribution in [0.15, 0.2) is 36.7 Å². The molecule has 1 spiro atoms. The smallest absolute Gasteiger partial charge is 0.323 e. The molecule has 0 aliphatic carbocycles. The van der Waals surface area contributed by atoms with Gasteiger partial charge in [-0.15, -0.1) is 0 Å². The second-order valence-electron chi connectivity index (χ2n) is 7.51. The lowest BCUT2D eigenvalue weighted by Crippen LogP contribution is -2.60. The van der Waals surface area contributed by atoms with Crippen molar-refractivity contribution in [3.63, 3.8) is 0 Å². The van der Waals surface area contributed by atoms with Crippen LogP contribution in [0.2, 0.25) is 5.02 Å². The van der Waals surface area contributed by atoms with Crippen molar-refractivity contribution < 1.29 is 4.79 Å². The SMILES string of the molecule is Cc1cnn(C(=O)N2CCC3(CC2)CN(Cc2cccc(Cl)c2)C3)c1. The number of benzene rings is 1. The van der Waals surface area contributed by atoms with Crippen LogP contribution < -0.4 is 0 Å². The third-order valence-corrected chi connectivity index (χ3v) is 5.65. The summed E-state index contributed by atoms with van der Waals surface area (Å²) in [4.78, 5) is 16.9. The van der Waals surface area contributed by atoms with Crippen LogP contribution in [0.1, 0.15) is 24.0 Å². The molecule has 3 heterocycles. The predicted octanol–water partition coefficient (Wildman–Crippen LogP) is 3.41. The summed E-state index contributed by atoms with van der Waals surface area (Å²) in [6, 6.07) is 8.09. The third-order valence-electron chi connectivity index (χ3n) is 5.42. The molecule has 0 saturated carbocycles. The second kappa shape index (κ2) is 6.46. The number of aromatic nitrogens is 2. The topological polar surface area (TPSA) is 41.4 Å². The number of aryl methyl sites for hydroxylation is 1. The van der Waals surface area contributed by atoms with E-state index in [4.69, 9.17) is 11.6 Å². The molecule has 2 aliphatic rings. The van der Waals surface area contributed by atoms with Gasteiger partial charge in [-0.2, -0.15) is 9.78 Å². The van der Waals surface area contributed by atoms with E-state index in [2.05, 4.69) is 16.1 Å². The first-order valence-corrected chi connectivity index (χ1v) is 9.18. The van der Waals surface area contributed by atoms with E-state index in [0.29, 0.717) is 5.41 Å². The van der Waals surface area contributed by atoms with Gasteiger partial charge in [-0.3, -0.25) is 4.90 Å². The largest absolute Gasteiger partial charge is 0.344 e. The Bertz CT molecular complexity index is 771. The number of hydrogen-bond donors (Lipinski definition) is 0. The summed E-state index contributed by atoms with van der Waals surface area (Å²) in [6.07, 6.45) is 5.67. The summed E-state index contributed by atoms with van der Waals surface area (Å²) in [5.74, 6) is 0. The molecule has 132 valence electrons. The molecule has 2 saturated heterocycles. The quantitative estimate of drug-likeness (QED) is 0.826. The summed E-state index contributed by atoms with van der Waals surface area (Å²) in [5.41, 5.74) is 2.66. The molecule has 1 aromatic carbocycles. The molecule has 25 heavy (non-hydrogen) atoms. The van der Waals surface area contributed by atoms with E-state index >= 15 is 0 Å². The highest BCUT2D eigenvalue weighted by Crippen LogP contribution is 2.41. The van der Waals surface area contributed by atoms with Gasteiger partial charge < -0.3 is 4.90 Å². The molecule has 0 atom stereocenters. The Hall–Kier alpha value is -1.85. The van der Waals surface area contributed by atoms with Crippen molar-refractivity contribution in [2.75, 3.05) is 26.2 Å². The first-order valence-electron chi connectivity index (χ1n) is 8.80. The lowest BCUT2D eigenvalue weighted by Gasteiger charge is -2.54. The fourth-order valence-corrected chi connectivity index (χ4v) is 4.27. The van der Waals surface area contributed by atoms with E-state index in [-0.39, 0.29) is 6.03 Å². The van der Waals surface area contributed by atoms with Gasteiger partial charge in [0.15, 0.2) is 0 Å². The van der Waals surface area contributed by atoms with E-state index in [1.165, 1.54) is 10.2 Å². The Labute approximate surface area is 153 Å². The number of rotatable bonds is 2. The summed E-state index contributed by atoms with van der Waals surface area (Å²) in [5, 5.41) is 4.93. The number of amides is 1. The molecule has 2 aromatic rings. The monoisotopic (exact) mass is 358 g/mol. The normalized spacial score (nSPS) is 19.8. The molecule has 2 aliphatic heterocycles. The lowest BCUT2D eigenvalue weighted by atomic mass is 9.72. The number of hydrogen-bond acceptors (Lipinski definition) is 3. The van der Waals surface area contributed by atoms with Crippen LogP contribution in [0, 0.1) is 12.3 Å². The van der Waals surface area contributed by atoms with Crippen molar-refractivity contribution in [3.8, 4) is 0 Å². The highest BCUT2D eigenvalue weighted by molar-refractivity contribution is 6.30. The van der Waals surface area contributed by atoms with Crippen molar-refractivity contribution in [2.45, 2.75) is 26.3 Å². The molecule has 1 aromatic heterocycles. The zero-order valence-electron chi connectivity index (χ0n) is 14.5. The summed E-state index contributed by atoms with van der Waals surface area (Å²) >= 11 is 6.07. The van der Waals surface area contributed by atoms with Crippen LogP contribution in [0.5, 0.6) is 0 Å². The highest BCUT2D eigenvalue weighted by atomic mass is 35.5. The third kappa shape index (κ3) is 3.44. The number of carbonyl (C=O) groups excluding carboxylic acids is 1. The van der Waals surface area contributed by atoms with Gasteiger partial charge in [-0.05, 0) is 48.4 Å². The number of halogens is 1. The Balaban J connectivity index is 1.29. The summed E-state index contributed by atoms with van der Waals surface area (Å²) in [6.45, 7) is 6.78. The average Bonchev–Trinajstić information content (AvgIpc) is 3.00. The number of piperidine rings is 1. The lowest BCUT2D eigenvalue weighted by molar-refractivity contribution is -0.0443. The Morgan fingerprint density at radius 1 is 1.28 bits per heavy atom. The number of nitrogens with zero attached hydrogens (tertiary/aromatic N) is 4. The zero-order chi connectivity index (χ0) is 17.4. The van der Waals surface area contributed by atoms with E-state index in [1.807, 2.05) is 30.0 Å². The van der Waals surface area contributed by atoms with Crippen LogP contribution in [0.25, 0.3) is 0 Å². The molecule has 0 N–H and O–H groups in total. The summed E-state index contributed by atoms with van der Waals surface area (Å²) in [7, 11) is 0. The predicted molar refractivity (Wildman–Crippen MR) is 97.7 cm³/mol. The Morgan fingerprint density at radius 3 is 2.68 bits per heavy atom. The molecule has 1 amide bonds. The fourth-order valence-electron chi connectivity index (χ4n) is 4.06. The van der Waals surface area contributed by atoms with E-state index in [1.54, 1.807) is 12.4 Å². The van der Waals surface area contributed by atoms with Crippen molar-refractivity contribution in [2.24, 2.45) is 5.41 Å². The van der Waals surface area contributed by atoms with Crippen molar-refractivity contribution >= 4 is 17.6 Å². The molecule has 6 heteroatoms. The van der Waals surface area contributed by atoms with E-state index in [0.717, 1.165) is 56.2 Å². The van der Waals surface area contributed by atoms with Crippen LogP contribution in [-0.4, -0.2) is 51.8 Å². The summed E-state index contributed by atoms with van der Waals surface area (Å²) < 4.78 is 1.46. The first kappa shape index (κ1) is 16.6. The maximum absolute atomic E-state index is 12.5. The minimum atomic E-state index is -0.00180. The van der Waals surface area contributed by atoms with Crippen LogP contribution in [-0.2, 0) is 6.54 Å². The Morgan fingerprint density at radius 2 is 2.04 bits per heavy atom. The van der Waals surface area contributed by atoms with Gasteiger partial charge in [0.1, 0.15) is 0 Å². The minimum absolute atomic E-state index is 0.00180. The highest BCUT2D eigenvalue weighted by Gasteiger charge is 2.45. The van der Waals surface area contributed by atoms with Crippen molar-refractivity contribution in [1.82, 2.24) is 19.6 Å². The van der Waals surface area contributed by atoms with Crippen molar-refractivity contribution in [1.29, 1.82) is 0 Å². The standard InChI is InChI=1S/C19H23ClN4O/c1-15-10-21-24(11-15)18(25)23-7-5-19(6-8-23)13-22(14-19)12-16-3-2-4-17(20)9-16/h2-4,9-11H,5-8,12-14H2,1H3. The second-order valence-corrected chi connectivity index (χ2v) is 7.94. The molecular formula is C19H23ClN4O. The molecule has 2 fully saturated rings. The first-order chi connectivity index (χ1) is 12.0. The van der Waals surface area contributed by atoms with Gasteiger partial charge >= 0.3 is 6.03 Å². The zero-order valence-corrected chi connectivity index (χ0v) is 15.2. The molecule has 4 rings (SSSR count). The Kier molecular flexibility index (Phi) is 4.29. The fraction of sp³-hybridized carbons (Fsp3) is 0.474. The molecular weight excluding hydrogens is 336 g/mol. The van der Waals surface area contributed by atoms with Crippen LogP contribution >= 0.6 is 11.6 Å². The van der Waals surface area contributed by atoms with Crippen LogP contribution in [0.3, 0.4) is 0 Å². The maximum Gasteiger partial charge on any atom is 0.344 e.